The van der Waals surface area contributed by atoms with Crippen LogP contribution < -0.4 is 5.73 Å². The molecule has 1 heterocycles. The van der Waals surface area contributed by atoms with Gasteiger partial charge in [0.1, 0.15) is 0 Å². The van der Waals surface area contributed by atoms with Crippen LogP contribution in [0.4, 0.5) is 0 Å². The molecule has 3 rings (SSSR count). The fraction of sp³-hybridized carbons (Fsp3) is 0.533. The average Bonchev–Trinajstić information content (AvgIpc) is 2.81. The van der Waals surface area contributed by atoms with Crippen LogP contribution in [0.2, 0.25) is 0 Å². The highest BCUT2D eigenvalue weighted by molar-refractivity contribution is 9.10. The third kappa shape index (κ3) is 2.70. The zero-order valence-corrected chi connectivity index (χ0v) is 12.5. The summed E-state index contributed by atoms with van der Waals surface area (Å²) in [5, 5.41) is 0. The number of halogens is 1. The minimum atomic E-state index is 0.162. The number of fused-ring (bicyclic) bond motifs is 1. The van der Waals surface area contributed by atoms with Crippen LogP contribution in [0.25, 0.3) is 0 Å². The first kappa shape index (κ1) is 13.1. The van der Waals surface area contributed by atoms with Gasteiger partial charge in [0.15, 0.2) is 0 Å². The number of likely N-dealkylation sites (tertiary alicyclic amines) is 1. The summed E-state index contributed by atoms with van der Waals surface area (Å²) in [7, 11) is 0. The zero-order valence-electron chi connectivity index (χ0n) is 10.9. The molecule has 0 radical (unpaired) electrons. The van der Waals surface area contributed by atoms with Crippen LogP contribution >= 0.6 is 15.9 Å². The van der Waals surface area contributed by atoms with E-state index in [0.717, 1.165) is 36.0 Å². The van der Waals surface area contributed by atoms with Crippen LogP contribution in [-0.2, 0) is 0 Å². The van der Waals surface area contributed by atoms with Gasteiger partial charge in [0, 0.05) is 29.2 Å². The quantitative estimate of drug-likeness (QED) is 0.864. The highest BCUT2D eigenvalue weighted by atomic mass is 79.9. The second-order valence-electron chi connectivity index (χ2n) is 5.81. The molecule has 1 saturated heterocycles. The van der Waals surface area contributed by atoms with Crippen LogP contribution in [-0.4, -0.2) is 29.9 Å². The molecule has 1 aliphatic carbocycles. The van der Waals surface area contributed by atoms with Gasteiger partial charge < -0.3 is 10.6 Å². The molecule has 1 aromatic rings. The van der Waals surface area contributed by atoms with Crippen molar-refractivity contribution in [3.63, 3.8) is 0 Å². The number of hydrogen-bond acceptors (Lipinski definition) is 2. The number of nitrogens with two attached hydrogens (primary N) is 1. The second kappa shape index (κ2) is 5.25. The van der Waals surface area contributed by atoms with E-state index in [4.69, 9.17) is 5.73 Å². The molecule has 3 atom stereocenters. The lowest BCUT2D eigenvalue weighted by Crippen LogP contribution is -2.32. The van der Waals surface area contributed by atoms with Crippen molar-refractivity contribution in [2.24, 2.45) is 17.6 Å². The molecule has 2 fully saturated rings. The SMILES string of the molecule is NC1CC[C@@H]2CN(C(=O)c3ccc(Br)cc3)C[C@@H]2C1. The van der Waals surface area contributed by atoms with Crippen LogP contribution in [0.15, 0.2) is 28.7 Å². The Morgan fingerprint density at radius 1 is 1.16 bits per heavy atom. The molecule has 2 N–H and O–H groups in total. The van der Waals surface area contributed by atoms with Crippen molar-refractivity contribution in [1.82, 2.24) is 4.90 Å². The number of amides is 1. The van der Waals surface area contributed by atoms with E-state index in [0.29, 0.717) is 17.9 Å². The number of nitrogens with zero attached hydrogens (tertiary/aromatic N) is 1. The fourth-order valence-electron chi connectivity index (χ4n) is 3.41. The van der Waals surface area contributed by atoms with E-state index >= 15 is 0 Å². The van der Waals surface area contributed by atoms with E-state index < -0.39 is 0 Å². The Labute approximate surface area is 122 Å². The second-order valence-corrected chi connectivity index (χ2v) is 6.73. The maximum Gasteiger partial charge on any atom is 0.253 e. The van der Waals surface area contributed by atoms with E-state index in [2.05, 4.69) is 15.9 Å². The Bertz CT molecular complexity index is 474. The third-order valence-electron chi connectivity index (χ3n) is 4.47. The van der Waals surface area contributed by atoms with Gasteiger partial charge >= 0.3 is 0 Å². The van der Waals surface area contributed by atoms with Gasteiger partial charge in [-0.25, -0.2) is 0 Å². The van der Waals surface area contributed by atoms with E-state index in [1.165, 1.54) is 6.42 Å². The molecular formula is C15H19BrN2O. The summed E-state index contributed by atoms with van der Waals surface area (Å²) in [5.41, 5.74) is 6.81. The van der Waals surface area contributed by atoms with Gasteiger partial charge in [0.25, 0.3) is 5.91 Å². The smallest absolute Gasteiger partial charge is 0.253 e. The van der Waals surface area contributed by atoms with Crippen molar-refractivity contribution in [2.75, 3.05) is 13.1 Å². The molecule has 0 aromatic heterocycles. The molecule has 1 aromatic carbocycles. The maximum atomic E-state index is 12.5. The van der Waals surface area contributed by atoms with Crippen molar-refractivity contribution in [2.45, 2.75) is 25.3 Å². The molecule has 1 saturated carbocycles. The van der Waals surface area contributed by atoms with Crippen molar-refractivity contribution in [3.8, 4) is 0 Å². The fourth-order valence-corrected chi connectivity index (χ4v) is 3.67. The topological polar surface area (TPSA) is 46.3 Å². The van der Waals surface area contributed by atoms with Gasteiger partial charge in [-0.05, 0) is 55.4 Å². The molecular weight excluding hydrogens is 304 g/mol. The lowest BCUT2D eigenvalue weighted by Gasteiger charge is -2.27. The van der Waals surface area contributed by atoms with Gasteiger partial charge in [0.2, 0.25) is 0 Å². The van der Waals surface area contributed by atoms with Gasteiger partial charge in [-0.2, -0.15) is 0 Å². The highest BCUT2D eigenvalue weighted by Gasteiger charge is 2.38. The summed E-state index contributed by atoms with van der Waals surface area (Å²) in [5.74, 6) is 1.44. The molecule has 1 amide bonds. The Balaban J connectivity index is 1.70. The summed E-state index contributed by atoms with van der Waals surface area (Å²) in [6.07, 6.45) is 3.37. The molecule has 4 heteroatoms. The monoisotopic (exact) mass is 322 g/mol. The number of hydrogen-bond donors (Lipinski definition) is 1. The number of benzene rings is 1. The summed E-state index contributed by atoms with van der Waals surface area (Å²) < 4.78 is 1.00. The Kier molecular flexibility index (Phi) is 3.63. The van der Waals surface area contributed by atoms with E-state index in [1.54, 1.807) is 0 Å². The van der Waals surface area contributed by atoms with E-state index in [-0.39, 0.29) is 5.91 Å². The van der Waals surface area contributed by atoms with Gasteiger partial charge in [-0.1, -0.05) is 15.9 Å². The lowest BCUT2D eigenvalue weighted by atomic mass is 9.79. The molecule has 3 nitrogen and oxygen atoms in total. The normalized spacial score (nSPS) is 30.2. The minimum Gasteiger partial charge on any atom is -0.338 e. The predicted molar refractivity (Wildman–Crippen MR) is 78.9 cm³/mol. The molecule has 0 spiro atoms. The third-order valence-corrected chi connectivity index (χ3v) is 5.00. The van der Waals surface area contributed by atoms with Crippen molar-refractivity contribution >= 4 is 21.8 Å². The maximum absolute atomic E-state index is 12.5. The molecule has 19 heavy (non-hydrogen) atoms. The molecule has 1 aliphatic heterocycles. The molecule has 2 aliphatic rings. The Morgan fingerprint density at radius 3 is 2.58 bits per heavy atom. The lowest BCUT2D eigenvalue weighted by molar-refractivity contribution is 0.0784. The Morgan fingerprint density at radius 2 is 1.84 bits per heavy atom. The van der Waals surface area contributed by atoms with E-state index in [1.807, 2.05) is 29.2 Å². The van der Waals surface area contributed by atoms with Crippen molar-refractivity contribution in [3.05, 3.63) is 34.3 Å². The largest absolute Gasteiger partial charge is 0.338 e. The van der Waals surface area contributed by atoms with Crippen molar-refractivity contribution in [1.29, 1.82) is 0 Å². The first-order valence-corrected chi connectivity index (χ1v) is 7.73. The summed E-state index contributed by atoms with van der Waals surface area (Å²) >= 11 is 3.40. The minimum absolute atomic E-state index is 0.162. The Hall–Kier alpha value is -0.870. The highest BCUT2D eigenvalue weighted by Crippen LogP contribution is 2.36. The predicted octanol–water partition coefficient (Wildman–Crippen LogP) is 2.65. The molecule has 1 unspecified atom stereocenters. The van der Waals surface area contributed by atoms with Crippen LogP contribution in [0.3, 0.4) is 0 Å². The first-order chi connectivity index (χ1) is 9.13. The van der Waals surface area contributed by atoms with Gasteiger partial charge in [-0.3, -0.25) is 4.79 Å². The standard InChI is InChI=1S/C15H19BrN2O/c16-13-4-1-10(2-5-13)15(19)18-8-11-3-6-14(17)7-12(11)9-18/h1-2,4-5,11-12,14H,3,6-9,17H2/t11-,12+,14?/m1/s1. The molecule has 0 bridgehead atoms. The first-order valence-electron chi connectivity index (χ1n) is 6.94. The summed E-state index contributed by atoms with van der Waals surface area (Å²) in [6, 6.07) is 7.96. The van der Waals surface area contributed by atoms with Crippen molar-refractivity contribution < 1.29 is 4.79 Å². The van der Waals surface area contributed by atoms with Gasteiger partial charge in [0.05, 0.1) is 0 Å². The van der Waals surface area contributed by atoms with Crippen LogP contribution in [0, 0.1) is 11.8 Å². The van der Waals surface area contributed by atoms with Gasteiger partial charge in [-0.15, -0.1) is 0 Å². The number of carbonyl (C=O) groups is 1. The number of carbonyl (C=O) groups excluding carboxylic acids is 1. The zero-order chi connectivity index (χ0) is 13.4. The summed E-state index contributed by atoms with van der Waals surface area (Å²) in [4.78, 5) is 14.5. The summed E-state index contributed by atoms with van der Waals surface area (Å²) in [6.45, 7) is 1.79. The number of rotatable bonds is 1. The molecule has 102 valence electrons. The van der Waals surface area contributed by atoms with Crippen LogP contribution in [0.5, 0.6) is 0 Å². The van der Waals surface area contributed by atoms with Crippen LogP contribution in [0.1, 0.15) is 29.6 Å². The average molecular weight is 323 g/mol. The van der Waals surface area contributed by atoms with E-state index in [9.17, 15) is 4.79 Å².